The van der Waals surface area contributed by atoms with Gasteiger partial charge in [0.2, 0.25) is 0 Å². The molecule has 1 aromatic heterocycles. The number of nitrogens with one attached hydrogen (secondary N) is 1. The lowest BCUT2D eigenvalue weighted by molar-refractivity contribution is 0.0695. The van der Waals surface area contributed by atoms with E-state index in [2.05, 4.69) is 4.98 Å². The number of ether oxygens (including phenoxy) is 1. The third-order valence-corrected chi connectivity index (χ3v) is 3.18. The summed E-state index contributed by atoms with van der Waals surface area (Å²) in [4.78, 5) is 25.2. The lowest BCUT2D eigenvalue weighted by Gasteiger charge is -2.11. The fraction of sp³-hybridized carbons (Fsp3) is 0.200. The van der Waals surface area contributed by atoms with E-state index >= 15 is 0 Å². The van der Waals surface area contributed by atoms with Crippen LogP contribution in [0.2, 0.25) is 0 Å². The molecule has 0 atom stereocenters. The summed E-state index contributed by atoms with van der Waals surface area (Å²) in [5, 5.41) is 8.96. The van der Waals surface area contributed by atoms with E-state index in [1.165, 1.54) is 25.3 Å². The first-order valence-corrected chi connectivity index (χ1v) is 6.31. The summed E-state index contributed by atoms with van der Waals surface area (Å²) in [7, 11) is 1.43. The highest BCUT2D eigenvalue weighted by atomic mass is 19.1. The zero-order valence-corrected chi connectivity index (χ0v) is 11.6. The smallest absolute Gasteiger partial charge is 0.341 e. The Bertz CT molecular complexity index is 752. The van der Waals surface area contributed by atoms with Crippen molar-refractivity contribution in [1.82, 2.24) is 4.98 Å². The maximum absolute atomic E-state index is 14.1. The Morgan fingerprint density at radius 1 is 1.38 bits per heavy atom. The third kappa shape index (κ3) is 2.79. The van der Waals surface area contributed by atoms with E-state index in [0.29, 0.717) is 17.7 Å². The Balaban J connectivity index is 2.66. The van der Waals surface area contributed by atoms with Gasteiger partial charge in [-0.15, -0.1) is 0 Å². The van der Waals surface area contributed by atoms with Gasteiger partial charge in [-0.05, 0) is 30.2 Å². The minimum Gasteiger partial charge on any atom is -0.497 e. The van der Waals surface area contributed by atoms with Crippen LogP contribution in [0.4, 0.5) is 4.39 Å². The number of carbonyl (C=O) groups is 1. The number of hydrogen-bond donors (Lipinski definition) is 2. The van der Waals surface area contributed by atoms with Crippen molar-refractivity contribution in [2.24, 2.45) is 0 Å². The summed E-state index contributed by atoms with van der Waals surface area (Å²) in [6.07, 6.45) is 0.456. The van der Waals surface area contributed by atoms with Crippen molar-refractivity contribution >= 4 is 5.97 Å². The topological polar surface area (TPSA) is 79.4 Å². The minimum atomic E-state index is -1.31. The molecule has 0 aliphatic rings. The van der Waals surface area contributed by atoms with Crippen LogP contribution < -0.4 is 10.3 Å². The van der Waals surface area contributed by atoms with Gasteiger partial charge in [0.05, 0.1) is 12.8 Å². The van der Waals surface area contributed by atoms with Gasteiger partial charge < -0.3 is 14.8 Å². The molecule has 0 aliphatic carbocycles. The van der Waals surface area contributed by atoms with Crippen LogP contribution in [0.1, 0.15) is 22.8 Å². The van der Waals surface area contributed by atoms with Crippen molar-refractivity contribution in [2.45, 2.75) is 13.3 Å². The molecule has 0 amide bonds. The lowest BCUT2D eigenvalue weighted by Crippen LogP contribution is -2.19. The maximum atomic E-state index is 14.1. The number of carboxylic acids is 1. The Morgan fingerprint density at radius 2 is 2.10 bits per heavy atom. The van der Waals surface area contributed by atoms with Crippen LogP contribution in [0.15, 0.2) is 29.1 Å². The van der Waals surface area contributed by atoms with Crippen LogP contribution in [0, 0.1) is 5.82 Å². The van der Waals surface area contributed by atoms with E-state index in [0.717, 1.165) is 0 Å². The van der Waals surface area contributed by atoms with Crippen LogP contribution in [0.3, 0.4) is 0 Å². The highest BCUT2D eigenvalue weighted by Gasteiger charge is 2.16. The highest BCUT2D eigenvalue weighted by molar-refractivity contribution is 5.88. The van der Waals surface area contributed by atoms with Gasteiger partial charge >= 0.3 is 5.97 Å². The second-order valence-corrected chi connectivity index (χ2v) is 4.42. The SMILES string of the molecule is CCc1cc(C(=O)O)c(=O)[nH]c1-c1ccc(OC)cc1F. The second-order valence-electron chi connectivity index (χ2n) is 4.42. The van der Waals surface area contributed by atoms with Gasteiger partial charge in [-0.1, -0.05) is 6.92 Å². The number of benzene rings is 1. The zero-order valence-electron chi connectivity index (χ0n) is 11.6. The number of halogens is 1. The van der Waals surface area contributed by atoms with Gasteiger partial charge in [0.1, 0.15) is 17.1 Å². The normalized spacial score (nSPS) is 10.4. The first kappa shape index (κ1) is 14.8. The van der Waals surface area contributed by atoms with Crippen LogP contribution in [-0.2, 0) is 6.42 Å². The molecule has 1 heterocycles. The quantitative estimate of drug-likeness (QED) is 0.906. The van der Waals surface area contributed by atoms with Crippen LogP contribution in [0.5, 0.6) is 5.75 Å². The molecule has 0 aliphatic heterocycles. The highest BCUT2D eigenvalue weighted by Crippen LogP contribution is 2.27. The van der Waals surface area contributed by atoms with Gasteiger partial charge in [-0.3, -0.25) is 4.79 Å². The van der Waals surface area contributed by atoms with E-state index < -0.39 is 17.3 Å². The predicted molar refractivity (Wildman–Crippen MR) is 75.3 cm³/mol. The number of rotatable bonds is 4. The number of aromatic carboxylic acids is 1. The Kier molecular flexibility index (Phi) is 4.07. The molecule has 0 unspecified atom stereocenters. The molecule has 110 valence electrons. The van der Waals surface area contributed by atoms with E-state index in [1.807, 2.05) is 0 Å². The number of aryl methyl sites for hydroxylation is 1. The lowest BCUT2D eigenvalue weighted by atomic mass is 10.0. The van der Waals surface area contributed by atoms with Crippen molar-refractivity contribution in [2.75, 3.05) is 7.11 Å². The number of aromatic amines is 1. The zero-order chi connectivity index (χ0) is 15.6. The van der Waals surface area contributed by atoms with Gasteiger partial charge in [0, 0.05) is 11.6 Å². The minimum absolute atomic E-state index is 0.196. The maximum Gasteiger partial charge on any atom is 0.341 e. The second kappa shape index (κ2) is 5.78. The van der Waals surface area contributed by atoms with Crippen LogP contribution in [0.25, 0.3) is 11.3 Å². The number of methoxy groups -OCH3 is 1. The number of H-pyrrole nitrogens is 1. The summed E-state index contributed by atoms with van der Waals surface area (Å²) in [5.74, 6) is -1.51. The fourth-order valence-corrected chi connectivity index (χ4v) is 2.08. The van der Waals surface area contributed by atoms with Crippen molar-refractivity contribution < 1.29 is 19.0 Å². The van der Waals surface area contributed by atoms with E-state index in [4.69, 9.17) is 9.84 Å². The molecule has 2 rings (SSSR count). The number of pyridine rings is 1. The van der Waals surface area contributed by atoms with E-state index in [-0.39, 0.29) is 16.8 Å². The first-order chi connectivity index (χ1) is 9.97. The molecular weight excluding hydrogens is 277 g/mol. The summed E-state index contributed by atoms with van der Waals surface area (Å²) in [5.41, 5.74) is -0.0835. The summed E-state index contributed by atoms with van der Waals surface area (Å²) >= 11 is 0. The molecule has 6 heteroatoms. The molecule has 0 bridgehead atoms. The van der Waals surface area contributed by atoms with Gasteiger partial charge in [-0.2, -0.15) is 0 Å². The molecule has 0 fully saturated rings. The van der Waals surface area contributed by atoms with E-state index in [9.17, 15) is 14.0 Å². The monoisotopic (exact) mass is 291 g/mol. The predicted octanol–water partition coefficient (Wildman–Crippen LogP) is 2.45. The summed E-state index contributed by atoms with van der Waals surface area (Å²) in [6, 6.07) is 5.54. The molecule has 0 radical (unpaired) electrons. The van der Waals surface area contributed by atoms with Crippen LogP contribution in [-0.4, -0.2) is 23.2 Å². The molecule has 5 nitrogen and oxygen atoms in total. The van der Waals surface area contributed by atoms with Crippen LogP contribution >= 0.6 is 0 Å². The molecule has 0 saturated heterocycles. The molecule has 2 N–H and O–H groups in total. The average Bonchev–Trinajstić information content (AvgIpc) is 2.46. The van der Waals surface area contributed by atoms with Crippen molar-refractivity contribution in [1.29, 1.82) is 0 Å². The summed E-state index contributed by atoms with van der Waals surface area (Å²) < 4.78 is 19.0. The summed E-state index contributed by atoms with van der Waals surface area (Å²) in [6.45, 7) is 1.80. The molecule has 0 spiro atoms. The van der Waals surface area contributed by atoms with Gasteiger partial charge in [0.15, 0.2) is 0 Å². The number of hydrogen-bond acceptors (Lipinski definition) is 3. The van der Waals surface area contributed by atoms with Gasteiger partial charge in [0.25, 0.3) is 5.56 Å². The largest absolute Gasteiger partial charge is 0.497 e. The number of carboxylic acid groups (broad SMARTS) is 1. The molecular formula is C15H14FNO4. The molecule has 21 heavy (non-hydrogen) atoms. The standard InChI is InChI=1S/C15H14FNO4/c1-3-8-6-11(15(19)20)14(18)17-13(8)10-5-4-9(21-2)7-12(10)16/h4-7H,3H2,1-2H3,(H,17,18)(H,19,20). The van der Waals surface area contributed by atoms with Crippen molar-refractivity contribution in [3.8, 4) is 17.0 Å². The Labute approximate surface area is 120 Å². The molecule has 0 saturated carbocycles. The van der Waals surface area contributed by atoms with E-state index in [1.54, 1.807) is 13.0 Å². The first-order valence-electron chi connectivity index (χ1n) is 6.31. The number of aromatic nitrogens is 1. The molecule has 1 aromatic carbocycles. The Morgan fingerprint density at radius 3 is 2.62 bits per heavy atom. The van der Waals surface area contributed by atoms with Crippen molar-refractivity contribution in [3.05, 3.63) is 51.6 Å². The molecule has 2 aromatic rings. The Hall–Kier alpha value is -2.63. The average molecular weight is 291 g/mol. The van der Waals surface area contributed by atoms with Gasteiger partial charge in [-0.25, -0.2) is 9.18 Å². The third-order valence-electron chi connectivity index (χ3n) is 3.18. The van der Waals surface area contributed by atoms with Crippen molar-refractivity contribution in [3.63, 3.8) is 0 Å². The fourth-order valence-electron chi connectivity index (χ4n) is 2.08.